The highest BCUT2D eigenvalue weighted by molar-refractivity contribution is 5.41. The van der Waals surface area contributed by atoms with Gasteiger partial charge in [0.15, 0.2) is 0 Å². The minimum Gasteiger partial charge on any atom is -0.508 e. The molecule has 4 nitrogen and oxygen atoms in total. The Morgan fingerprint density at radius 2 is 2.18 bits per heavy atom. The van der Waals surface area contributed by atoms with Crippen molar-refractivity contribution < 1.29 is 5.11 Å². The Morgan fingerprint density at radius 1 is 1.35 bits per heavy atom. The Morgan fingerprint density at radius 3 is 2.94 bits per heavy atom. The van der Waals surface area contributed by atoms with E-state index in [1.54, 1.807) is 12.3 Å². The number of rotatable bonds is 5. The maximum atomic E-state index is 9.62. The van der Waals surface area contributed by atoms with Crippen LogP contribution < -0.4 is 5.32 Å². The molecule has 1 heterocycles. The fraction of sp³-hybridized carbons (Fsp3) is 0.308. The first kappa shape index (κ1) is 11.5. The summed E-state index contributed by atoms with van der Waals surface area (Å²) in [6.45, 7) is 3.65. The SMILES string of the molecule is CCCn1cc(NCc2ccccc2O)cn1. The molecule has 0 unspecified atom stereocenters. The van der Waals surface area contributed by atoms with Crippen LogP contribution in [0.5, 0.6) is 5.75 Å². The Bertz CT molecular complexity index is 479. The van der Waals surface area contributed by atoms with Gasteiger partial charge >= 0.3 is 0 Å². The molecule has 17 heavy (non-hydrogen) atoms. The lowest BCUT2D eigenvalue weighted by atomic mass is 10.2. The average molecular weight is 231 g/mol. The number of anilines is 1. The van der Waals surface area contributed by atoms with E-state index >= 15 is 0 Å². The molecular formula is C13H17N3O. The fourth-order valence-electron chi connectivity index (χ4n) is 1.66. The van der Waals surface area contributed by atoms with E-state index in [2.05, 4.69) is 17.3 Å². The first-order valence-electron chi connectivity index (χ1n) is 5.83. The van der Waals surface area contributed by atoms with Gasteiger partial charge in [-0.2, -0.15) is 5.10 Å². The monoisotopic (exact) mass is 231 g/mol. The molecule has 2 aromatic rings. The summed E-state index contributed by atoms with van der Waals surface area (Å²) in [4.78, 5) is 0. The Balaban J connectivity index is 1.95. The molecule has 0 aliphatic carbocycles. The van der Waals surface area contributed by atoms with Crippen molar-refractivity contribution in [3.8, 4) is 5.75 Å². The number of nitrogens with zero attached hydrogens (tertiary/aromatic N) is 2. The normalized spacial score (nSPS) is 10.4. The molecule has 1 aromatic carbocycles. The highest BCUT2D eigenvalue weighted by Crippen LogP contribution is 2.17. The van der Waals surface area contributed by atoms with Gasteiger partial charge in [0.2, 0.25) is 0 Å². The van der Waals surface area contributed by atoms with Crippen LogP contribution in [0, 0.1) is 0 Å². The second kappa shape index (κ2) is 5.39. The summed E-state index contributed by atoms with van der Waals surface area (Å²) in [5.41, 5.74) is 1.86. The van der Waals surface area contributed by atoms with Crippen molar-refractivity contribution in [3.05, 3.63) is 42.2 Å². The van der Waals surface area contributed by atoms with E-state index in [0.29, 0.717) is 12.3 Å². The fourth-order valence-corrected chi connectivity index (χ4v) is 1.66. The lowest BCUT2D eigenvalue weighted by Gasteiger charge is -2.05. The maximum absolute atomic E-state index is 9.62. The first-order valence-corrected chi connectivity index (χ1v) is 5.83. The number of aryl methyl sites for hydroxylation is 1. The third-order valence-electron chi connectivity index (χ3n) is 2.56. The van der Waals surface area contributed by atoms with Crippen LogP contribution in [0.25, 0.3) is 0 Å². The molecule has 0 fully saturated rings. The predicted octanol–water partition coefficient (Wildman–Crippen LogP) is 2.61. The minimum absolute atomic E-state index is 0.320. The van der Waals surface area contributed by atoms with Gasteiger partial charge in [0.05, 0.1) is 11.9 Å². The van der Waals surface area contributed by atoms with Crippen molar-refractivity contribution in [1.82, 2.24) is 9.78 Å². The van der Waals surface area contributed by atoms with Gasteiger partial charge in [-0.3, -0.25) is 4.68 Å². The summed E-state index contributed by atoms with van der Waals surface area (Å²) in [6.07, 6.45) is 4.85. The molecule has 0 amide bonds. The third-order valence-corrected chi connectivity index (χ3v) is 2.56. The Labute approximate surface area is 101 Å². The zero-order chi connectivity index (χ0) is 12.1. The van der Waals surface area contributed by atoms with Crippen LogP contribution in [0.3, 0.4) is 0 Å². The first-order chi connectivity index (χ1) is 8.29. The van der Waals surface area contributed by atoms with Gasteiger partial charge < -0.3 is 10.4 Å². The van der Waals surface area contributed by atoms with Crippen molar-refractivity contribution in [2.75, 3.05) is 5.32 Å². The molecule has 0 bridgehead atoms. The predicted molar refractivity (Wildman–Crippen MR) is 68.0 cm³/mol. The van der Waals surface area contributed by atoms with Gasteiger partial charge in [0.25, 0.3) is 0 Å². The molecular weight excluding hydrogens is 214 g/mol. The largest absolute Gasteiger partial charge is 0.508 e. The summed E-state index contributed by atoms with van der Waals surface area (Å²) in [5.74, 6) is 0.320. The van der Waals surface area contributed by atoms with Crippen LogP contribution in [0.4, 0.5) is 5.69 Å². The van der Waals surface area contributed by atoms with Gasteiger partial charge in [-0.25, -0.2) is 0 Å². The van der Waals surface area contributed by atoms with Gasteiger partial charge in [-0.05, 0) is 12.5 Å². The Kier molecular flexibility index (Phi) is 3.65. The van der Waals surface area contributed by atoms with Crippen LogP contribution >= 0.6 is 0 Å². The van der Waals surface area contributed by atoms with E-state index in [9.17, 15) is 5.11 Å². The summed E-state index contributed by atoms with van der Waals surface area (Å²) < 4.78 is 1.91. The molecule has 0 spiro atoms. The highest BCUT2D eigenvalue weighted by atomic mass is 16.3. The quantitative estimate of drug-likeness (QED) is 0.831. The summed E-state index contributed by atoms with van der Waals surface area (Å²) in [5, 5.41) is 17.1. The number of hydrogen-bond donors (Lipinski definition) is 2. The number of benzene rings is 1. The van der Waals surface area contributed by atoms with E-state index < -0.39 is 0 Å². The van der Waals surface area contributed by atoms with Crippen LogP contribution in [-0.4, -0.2) is 14.9 Å². The van der Waals surface area contributed by atoms with Gasteiger partial charge in [0, 0.05) is 24.8 Å². The molecule has 4 heteroatoms. The van der Waals surface area contributed by atoms with Crippen LogP contribution in [0.1, 0.15) is 18.9 Å². The third kappa shape index (κ3) is 3.00. The summed E-state index contributed by atoms with van der Waals surface area (Å²) >= 11 is 0. The standard InChI is InChI=1S/C13H17N3O/c1-2-7-16-10-12(9-15-16)14-8-11-5-3-4-6-13(11)17/h3-6,9-10,14,17H,2,7-8H2,1H3. The second-order valence-corrected chi connectivity index (χ2v) is 3.97. The lowest BCUT2D eigenvalue weighted by molar-refractivity contribution is 0.469. The van der Waals surface area contributed by atoms with Crippen LogP contribution in [0.2, 0.25) is 0 Å². The van der Waals surface area contributed by atoms with Crippen molar-refractivity contribution in [3.63, 3.8) is 0 Å². The van der Waals surface area contributed by atoms with Crippen molar-refractivity contribution >= 4 is 5.69 Å². The summed E-state index contributed by atoms with van der Waals surface area (Å²) in [6, 6.07) is 7.33. The summed E-state index contributed by atoms with van der Waals surface area (Å²) in [7, 11) is 0. The molecule has 2 rings (SSSR count). The smallest absolute Gasteiger partial charge is 0.120 e. The molecule has 1 aromatic heterocycles. The molecule has 0 saturated carbocycles. The zero-order valence-electron chi connectivity index (χ0n) is 9.93. The number of nitrogens with one attached hydrogen (secondary N) is 1. The van der Waals surface area contributed by atoms with E-state index in [1.807, 2.05) is 29.1 Å². The van der Waals surface area contributed by atoms with E-state index in [-0.39, 0.29) is 0 Å². The van der Waals surface area contributed by atoms with E-state index in [0.717, 1.165) is 24.2 Å². The molecule has 0 aliphatic heterocycles. The highest BCUT2D eigenvalue weighted by Gasteiger charge is 2.01. The molecule has 90 valence electrons. The zero-order valence-corrected chi connectivity index (χ0v) is 9.93. The lowest BCUT2D eigenvalue weighted by Crippen LogP contribution is -1.99. The molecule has 0 atom stereocenters. The van der Waals surface area contributed by atoms with Gasteiger partial charge in [-0.15, -0.1) is 0 Å². The van der Waals surface area contributed by atoms with Gasteiger partial charge in [0.1, 0.15) is 5.75 Å². The number of phenols is 1. The second-order valence-electron chi connectivity index (χ2n) is 3.97. The topological polar surface area (TPSA) is 50.1 Å². The van der Waals surface area contributed by atoms with Crippen LogP contribution in [-0.2, 0) is 13.1 Å². The van der Waals surface area contributed by atoms with Crippen molar-refractivity contribution in [2.45, 2.75) is 26.4 Å². The maximum Gasteiger partial charge on any atom is 0.120 e. The Hall–Kier alpha value is -1.97. The number of para-hydroxylation sites is 1. The number of phenolic OH excluding ortho intramolecular Hbond substituents is 1. The van der Waals surface area contributed by atoms with E-state index in [1.165, 1.54) is 0 Å². The molecule has 2 N–H and O–H groups in total. The number of hydrogen-bond acceptors (Lipinski definition) is 3. The average Bonchev–Trinajstić information content (AvgIpc) is 2.76. The molecule has 0 radical (unpaired) electrons. The van der Waals surface area contributed by atoms with Crippen LogP contribution in [0.15, 0.2) is 36.7 Å². The molecule has 0 aliphatic rings. The number of aromatic nitrogens is 2. The van der Waals surface area contributed by atoms with Crippen molar-refractivity contribution in [2.24, 2.45) is 0 Å². The van der Waals surface area contributed by atoms with Gasteiger partial charge in [-0.1, -0.05) is 25.1 Å². The molecule has 0 saturated heterocycles. The van der Waals surface area contributed by atoms with Crippen molar-refractivity contribution in [1.29, 1.82) is 0 Å². The number of aromatic hydroxyl groups is 1. The van der Waals surface area contributed by atoms with E-state index in [4.69, 9.17) is 0 Å². The minimum atomic E-state index is 0.320.